The number of aryl methyl sites for hydroxylation is 1. The Bertz CT molecular complexity index is 1000. The predicted molar refractivity (Wildman–Crippen MR) is 109 cm³/mol. The minimum absolute atomic E-state index is 0.0630. The van der Waals surface area contributed by atoms with Crippen molar-refractivity contribution in [2.75, 3.05) is 32.8 Å². The summed E-state index contributed by atoms with van der Waals surface area (Å²) in [5.74, 6) is 0.851. The molecule has 1 saturated heterocycles. The van der Waals surface area contributed by atoms with Gasteiger partial charge in [-0.15, -0.1) is 0 Å². The molecule has 1 aromatic heterocycles. The third-order valence-corrected chi connectivity index (χ3v) is 5.67. The summed E-state index contributed by atoms with van der Waals surface area (Å²) in [4.78, 5) is 44.1. The van der Waals surface area contributed by atoms with Crippen molar-refractivity contribution in [2.45, 2.75) is 26.9 Å². The number of amides is 2. The van der Waals surface area contributed by atoms with Gasteiger partial charge < -0.3 is 24.3 Å². The third kappa shape index (κ3) is 3.53. The molecule has 8 nitrogen and oxygen atoms in total. The van der Waals surface area contributed by atoms with Crippen molar-refractivity contribution in [3.63, 3.8) is 0 Å². The van der Waals surface area contributed by atoms with Gasteiger partial charge >= 0.3 is 0 Å². The van der Waals surface area contributed by atoms with Crippen molar-refractivity contribution >= 4 is 17.6 Å². The summed E-state index contributed by atoms with van der Waals surface area (Å²) in [6.45, 7) is 6.92. The Morgan fingerprint density at radius 2 is 1.63 bits per heavy atom. The molecule has 8 heteroatoms. The number of hydrogen-bond acceptors (Lipinski definition) is 5. The van der Waals surface area contributed by atoms with Gasteiger partial charge in [-0.2, -0.15) is 0 Å². The number of nitrogens with zero attached hydrogens (tertiary/aromatic N) is 2. The number of ether oxygens (including phenoxy) is 2. The van der Waals surface area contributed by atoms with Crippen molar-refractivity contribution < 1.29 is 23.9 Å². The van der Waals surface area contributed by atoms with Crippen LogP contribution in [0.2, 0.25) is 0 Å². The van der Waals surface area contributed by atoms with Crippen molar-refractivity contribution in [1.29, 1.82) is 0 Å². The molecule has 1 unspecified atom stereocenters. The van der Waals surface area contributed by atoms with Gasteiger partial charge in [-0.1, -0.05) is 12.1 Å². The van der Waals surface area contributed by atoms with Crippen molar-refractivity contribution in [3.8, 4) is 11.5 Å². The largest absolute Gasteiger partial charge is 0.485 e. The van der Waals surface area contributed by atoms with Gasteiger partial charge in [0.1, 0.15) is 12.3 Å². The Morgan fingerprint density at radius 1 is 1.00 bits per heavy atom. The second kappa shape index (κ2) is 7.85. The average Bonchev–Trinajstić information content (AvgIpc) is 3.06. The molecule has 3 heterocycles. The number of nitrogens with one attached hydrogen (secondary N) is 1. The molecule has 2 aliphatic heterocycles. The van der Waals surface area contributed by atoms with Crippen LogP contribution < -0.4 is 9.47 Å². The van der Waals surface area contributed by atoms with Crippen LogP contribution in [0.15, 0.2) is 24.3 Å². The number of aromatic nitrogens is 1. The zero-order chi connectivity index (χ0) is 21.4. The van der Waals surface area contributed by atoms with E-state index in [9.17, 15) is 14.4 Å². The Balaban J connectivity index is 1.38. The fourth-order valence-corrected chi connectivity index (χ4v) is 4.12. The lowest BCUT2D eigenvalue weighted by Crippen LogP contribution is -2.55. The second-order valence-corrected chi connectivity index (χ2v) is 7.66. The minimum atomic E-state index is -0.687. The van der Waals surface area contributed by atoms with Crippen molar-refractivity contribution in [1.82, 2.24) is 14.8 Å². The molecular formula is C22H25N3O5. The molecule has 0 aliphatic carbocycles. The zero-order valence-corrected chi connectivity index (χ0v) is 17.4. The van der Waals surface area contributed by atoms with Gasteiger partial charge in [0.05, 0.1) is 0 Å². The van der Waals surface area contributed by atoms with Gasteiger partial charge in [-0.25, -0.2) is 0 Å². The van der Waals surface area contributed by atoms with Gasteiger partial charge in [0.25, 0.3) is 11.8 Å². The third-order valence-electron chi connectivity index (χ3n) is 5.67. The Kier molecular flexibility index (Phi) is 5.24. The molecule has 0 saturated carbocycles. The first-order valence-electron chi connectivity index (χ1n) is 10.0. The summed E-state index contributed by atoms with van der Waals surface area (Å²) in [7, 11) is 0. The number of para-hydroxylation sites is 2. The highest BCUT2D eigenvalue weighted by molar-refractivity contribution is 6.02. The maximum Gasteiger partial charge on any atom is 0.270 e. The highest BCUT2D eigenvalue weighted by atomic mass is 16.6. The molecule has 0 bridgehead atoms. The molecule has 1 fully saturated rings. The normalized spacial score (nSPS) is 18.3. The van der Waals surface area contributed by atoms with Crippen molar-refractivity contribution in [3.05, 3.63) is 46.8 Å². The van der Waals surface area contributed by atoms with Crippen LogP contribution in [0.25, 0.3) is 0 Å². The number of benzene rings is 1. The quantitative estimate of drug-likeness (QED) is 0.780. The van der Waals surface area contributed by atoms with Gasteiger partial charge in [-0.3, -0.25) is 14.4 Å². The number of Topliss-reactive ketones (excluding diaryl/α,β-unsaturated/α-hetero) is 1. The summed E-state index contributed by atoms with van der Waals surface area (Å²) in [5.41, 5.74) is 2.39. The van der Waals surface area contributed by atoms with E-state index in [1.165, 1.54) is 6.92 Å². The Morgan fingerprint density at radius 3 is 2.27 bits per heavy atom. The summed E-state index contributed by atoms with van der Waals surface area (Å²) in [6, 6.07) is 7.28. The fraction of sp³-hybridized carbons (Fsp3) is 0.409. The molecule has 2 amide bonds. The van der Waals surface area contributed by atoms with E-state index in [0.717, 1.165) is 0 Å². The predicted octanol–water partition coefficient (Wildman–Crippen LogP) is 1.96. The fourth-order valence-electron chi connectivity index (χ4n) is 4.12. The number of ketones is 1. The molecule has 2 aliphatic rings. The first-order chi connectivity index (χ1) is 14.4. The van der Waals surface area contributed by atoms with E-state index in [2.05, 4.69) is 4.98 Å². The SMILES string of the molecule is CC(=O)c1c(C)[nH]c(C(=O)N2CCN(C(=O)C3COc4ccccc4O3)CC2)c1C. The topological polar surface area (TPSA) is 91.9 Å². The van der Waals surface area contributed by atoms with Crippen LogP contribution >= 0.6 is 0 Å². The lowest BCUT2D eigenvalue weighted by Gasteiger charge is -2.37. The van der Waals surface area contributed by atoms with Crippen LogP contribution in [0.3, 0.4) is 0 Å². The second-order valence-electron chi connectivity index (χ2n) is 7.66. The molecule has 158 valence electrons. The number of piperazine rings is 1. The number of H-pyrrole nitrogens is 1. The summed E-state index contributed by atoms with van der Waals surface area (Å²) < 4.78 is 11.5. The van der Waals surface area contributed by atoms with Crippen molar-refractivity contribution in [2.24, 2.45) is 0 Å². The molecule has 4 rings (SSSR count). The number of carbonyl (C=O) groups excluding carboxylic acids is 3. The van der Waals surface area contributed by atoms with Gasteiger partial charge in [0, 0.05) is 37.4 Å². The highest BCUT2D eigenvalue weighted by Gasteiger charge is 2.34. The first kappa shape index (κ1) is 20.0. The number of rotatable bonds is 3. The molecule has 0 spiro atoms. The molecule has 1 N–H and O–H groups in total. The van der Waals surface area contributed by atoms with E-state index in [1.54, 1.807) is 29.7 Å². The first-order valence-corrected chi connectivity index (χ1v) is 10.0. The van der Waals surface area contributed by atoms with E-state index in [1.807, 2.05) is 18.2 Å². The Labute approximate surface area is 174 Å². The minimum Gasteiger partial charge on any atom is -0.485 e. The lowest BCUT2D eigenvalue weighted by molar-refractivity contribution is -0.142. The van der Waals surface area contributed by atoms with E-state index in [-0.39, 0.29) is 24.2 Å². The average molecular weight is 411 g/mol. The highest BCUT2D eigenvalue weighted by Crippen LogP contribution is 2.31. The number of hydrogen-bond donors (Lipinski definition) is 1. The smallest absolute Gasteiger partial charge is 0.270 e. The maximum absolute atomic E-state index is 13.0. The van der Waals surface area contributed by atoms with Crippen LogP contribution in [0.4, 0.5) is 0 Å². The summed E-state index contributed by atoms with van der Waals surface area (Å²) in [5, 5.41) is 0. The number of aromatic amines is 1. The molecule has 30 heavy (non-hydrogen) atoms. The number of carbonyl (C=O) groups is 3. The van der Waals surface area contributed by atoms with E-state index >= 15 is 0 Å². The van der Waals surface area contributed by atoms with Gasteiger partial charge in [0.2, 0.25) is 6.10 Å². The zero-order valence-electron chi connectivity index (χ0n) is 17.4. The molecule has 0 radical (unpaired) electrons. The van der Waals surface area contributed by atoms with E-state index < -0.39 is 6.10 Å². The lowest BCUT2D eigenvalue weighted by atomic mass is 10.1. The molecule has 1 atom stereocenters. The summed E-state index contributed by atoms with van der Waals surface area (Å²) in [6.07, 6.45) is -0.687. The van der Waals surface area contributed by atoms with Gasteiger partial charge in [-0.05, 0) is 38.5 Å². The van der Waals surface area contributed by atoms with Gasteiger partial charge in [0.15, 0.2) is 17.3 Å². The molecule has 2 aromatic rings. The van der Waals surface area contributed by atoms with Crippen LogP contribution in [0.1, 0.15) is 39.0 Å². The standard InChI is InChI=1S/C22H25N3O5/c1-13-19(15(3)26)14(2)23-20(13)22(28)25-10-8-24(9-11-25)21(27)18-12-29-16-6-4-5-7-17(16)30-18/h4-7,18,23H,8-12H2,1-3H3. The van der Waals surface area contributed by atoms with E-state index in [0.29, 0.717) is 60.2 Å². The summed E-state index contributed by atoms with van der Waals surface area (Å²) >= 11 is 0. The molecule has 1 aromatic carbocycles. The monoisotopic (exact) mass is 411 g/mol. The van der Waals surface area contributed by atoms with Crippen LogP contribution in [0, 0.1) is 13.8 Å². The van der Waals surface area contributed by atoms with Crippen LogP contribution in [-0.4, -0.2) is 71.3 Å². The van der Waals surface area contributed by atoms with E-state index in [4.69, 9.17) is 9.47 Å². The maximum atomic E-state index is 13.0. The Hall–Kier alpha value is -3.29. The van der Waals surface area contributed by atoms with Crippen LogP contribution in [0.5, 0.6) is 11.5 Å². The number of fused-ring (bicyclic) bond motifs is 1. The molecular weight excluding hydrogens is 386 g/mol. The van der Waals surface area contributed by atoms with Crippen LogP contribution in [-0.2, 0) is 4.79 Å².